The summed E-state index contributed by atoms with van der Waals surface area (Å²) in [6, 6.07) is 9.72. The number of hydrogen-bond acceptors (Lipinski definition) is 3. The third-order valence-electron chi connectivity index (χ3n) is 2.90. The minimum absolute atomic E-state index is 0.201. The van der Waals surface area contributed by atoms with Crippen LogP contribution in [0.5, 0.6) is 0 Å². The Morgan fingerprint density at radius 2 is 2.19 bits per heavy atom. The summed E-state index contributed by atoms with van der Waals surface area (Å²) in [7, 11) is 0. The molecule has 3 nitrogen and oxygen atoms in total. The molecular formula is C17H16N2OS. The first-order valence-corrected chi connectivity index (χ1v) is 7.35. The number of carbonyl (C=O) groups excluding carboxylic acids is 1. The molecule has 106 valence electrons. The lowest BCUT2D eigenvalue weighted by Crippen LogP contribution is -2.24. The van der Waals surface area contributed by atoms with E-state index in [1.54, 1.807) is 18.3 Å². The predicted octanol–water partition coefficient (Wildman–Crippen LogP) is 3.21. The summed E-state index contributed by atoms with van der Waals surface area (Å²) in [5.74, 6) is 2.19. The lowest BCUT2D eigenvalue weighted by Gasteiger charge is -2.09. The fourth-order valence-corrected chi connectivity index (χ4v) is 2.84. The van der Waals surface area contributed by atoms with Crippen LogP contribution in [0.25, 0.3) is 0 Å². The highest BCUT2D eigenvalue weighted by atomic mass is 32.2. The first-order chi connectivity index (χ1) is 10.1. The largest absolute Gasteiger partial charge is 0.341 e. The second-order valence-electron chi connectivity index (χ2n) is 4.61. The van der Waals surface area contributed by atoms with Crippen LogP contribution in [0.3, 0.4) is 0 Å². The molecule has 1 heterocycles. The summed E-state index contributed by atoms with van der Waals surface area (Å²) >= 11 is 1.49. The Labute approximate surface area is 129 Å². The molecule has 0 aliphatic carbocycles. The van der Waals surface area contributed by atoms with Gasteiger partial charge in [-0.15, -0.1) is 6.42 Å². The number of carbonyl (C=O) groups is 1. The molecule has 1 amide bonds. The molecule has 0 spiro atoms. The number of hydrogen-bond donors (Lipinski definition) is 1. The van der Waals surface area contributed by atoms with Crippen LogP contribution in [0, 0.1) is 26.2 Å². The van der Waals surface area contributed by atoms with Gasteiger partial charge in [0, 0.05) is 11.1 Å². The summed E-state index contributed by atoms with van der Waals surface area (Å²) in [6.45, 7) is 4.32. The van der Waals surface area contributed by atoms with Crippen molar-refractivity contribution in [2.75, 3.05) is 6.54 Å². The van der Waals surface area contributed by atoms with E-state index < -0.39 is 0 Å². The van der Waals surface area contributed by atoms with E-state index in [4.69, 9.17) is 6.42 Å². The van der Waals surface area contributed by atoms with E-state index >= 15 is 0 Å². The van der Waals surface area contributed by atoms with Crippen molar-refractivity contribution < 1.29 is 4.79 Å². The Morgan fingerprint density at radius 1 is 1.38 bits per heavy atom. The standard InChI is InChI=1S/C17H16N2OS/c1-4-9-18-16(20)14-6-5-10-19-17(14)21-15-8-7-12(2)11-13(15)3/h1,5-8,10-11H,9H2,2-3H3,(H,18,20). The van der Waals surface area contributed by atoms with Crippen molar-refractivity contribution in [1.82, 2.24) is 10.3 Å². The van der Waals surface area contributed by atoms with Crippen molar-refractivity contribution >= 4 is 17.7 Å². The third kappa shape index (κ3) is 3.87. The van der Waals surface area contributed by atoms with Gasteiger partial charge in [-0.3, -0.25) is 4.79 Å². The van der Waals surface area contributed by atoms with Crippen molar-refractivity contribution in [3.63, 3.8) is 0 Å². The van der Waals surface area contributed by atoms with Gasteiger partial charge in [-0.2, -0.15) is 0 Å². The molecule has 0 fully saturated rings. The number of nitrogens with one attached hydrogen (secondary N) is 1. The van der Waals surface area contributed by atoms with Crippen LogP contribution >= 0.6 is 11.8 Å². The van der Waals surface area contributed by atoms with Gasteiger partial charge in [-0.1, -0.05) is 35.4 Å². The third-order valence-corrected chi connectivity index (χ3v) is 4.10. The molecule has 21 heavy (non-hydrogen) atoms. The van der Waals surface area contributed by atoms with Crippen LogP contribution in [-0.2, 0) is 0 Å². The molecule has 0 unspecified atom stereocenters. The average Bonchev–Trinajstić information content (AvgIpc) is 2.48. The molecule has 1 aromatic heterocycles. The Hall–Kier alpha value is -2.25. The summed E-state index contributed by atoms with van der Waals surface area (Å²) in [4.78, 5) is 17.5. The minimum atomic E-state index is -0.201. The van der Waals surface area contributed by atoms with Gasteiger partial charge < -0.3 is 5.32 Å². The van der Waals surface area contributed by atoms with Crippen LogP contribution in [0.15, 0.2) is 46.5 Å². The molecule has 0 saturated carbocycles. The molecule has 1 N–H and O–H groups in total. The molecule has 0 aliphatic rings. The topological polar surface area (TPSA) is 42.0 Å². The molecule has 2 rings (SSSR count). The number of terminal acetylenes is 1. The Kier molecular flexibility index (Phi) is 5.02. The fourth-order valence-electron chi connectivity index (χ4n) is 1.89. The molecule has 0 atom stereocenters. The number of rotatable bonds is 4. The zero-order chi connectivity index (χ0) is 15.2. The lowest BCUT2D eigenvalue weighted by molar-refractivity contribution is 0.0955. The van der Waals surface area contributed by atoms with E-state index in [1.165, 1.54) is 22.9 Å². The van der Waals surface area contributed by atoms with Crippen molar-refractivity contribution in [2.45, 2.75) is 23.8 Å². The maximum Gasteiger partial charge on any atom is 0.254 e. The molecule has 0 radical (unpaired) electrons. The molecule has 0 bridgehead atoms. The van der Waals surface area contributed by atoms with E-state index in [9.17, 15) is 4.79 Å². The molecule has 0 saturated heterocycles. The molecule has 0 aliphatic heterocycles. The van der Waals surface area contributed by atoms with Gasteiger partial charge >= 0.3 is 0 Å². The van der Waals surface area contributed by atoms with Gasteiger partial charge in [0.15, 0.2) is 0 Å². The van der Waals surface area contributed by atoms with Crippen molar-refractivity contribution in [3.8, 4) is 12.3 Å². The van der Waals surface area contributed by atoms with E-state index in [2.05, 4.69) is 42.2 Å². The minimum Gasteiger partial charge on any atom is -0.341 e. The quantitative estimate of drug-likeness (QED) is 0.881. The maximum atomic E-state index is 12.1. The molecule has 2 aromatic rings. The van der Waals surface area contributed by atoms with E-state index in [1.807, 2.05) is 6.07 Å². The van der Waals surface area contributed by atoms with Crippen molar-refractivity contribution in [1.29, 1.82) is 0 Å². The molecular weight excluding hydrogens is 280 g/mol. The van der Waals surface area contributed by atoms with Gasteiger partial charge in [0.25, 0.3) is 5.91 Å². The number of benzene rings is 1. The second-order valence-corrected chi connectivity index (χ2v) is 5.64. The van der Waals surface area contributed by atoms with Crippen LogP contribution < -0.4 is 5.32 Å². The maximum absolute atomic E-state index is 12.1. The fraction of sp³-hybridized carbons (Fsp3) is 0.176. The summed E-state index contributed by atoms with van der Waals surface area (Å²) in [5, 5.41) is 3.35. The van der Waals surface area contributed by atoms with Gasteiger partial charge in [0.2, 0.25) is 0 Å². The normalized spacial score (nSPS) is 9.95. The Balaban J connectivity index is 2.28. The SMILES string of the molecule is C#CCNC(=O)c1cccnc1Sc1ccc(C)cc1C. The number of nitrogens with zero attached hydrogens (tertiary/aromatic N) is 1. The van der Waals surface area contributed by atoms with E-state index in [0.717, 1.165) is 4.90 Å². The monoisotopic (exact) mass is 296 g/mol. The summed E-state index contributed by atoms with van der Waals surface area (Å²) in [6.07, 6.45) is 6.85. The summed E-state index contributed by atoms with van der Waals surface area (Å²) < 4.78 is 0. The van der Waals surface area contributed by atoms with Gasteiger partial charge in [0.05, 0.1) is 12.1 Å². The molecule has 1 aromatic carbocycles. The van der Waals surface area contributed by atoms with Crippen molar-refractivity contribution in [3.05, 3.63) is 53.2 Å². The highest BCUT2D eigenvalue weighted by Crippen LogP contribution is 2.31. The van der Waals surface area contributed by atoms with E-state index in [0.29, 0.717) is 10.6 Å². The highest BCUT2D eigenvalue weighted by molar-refractivity contribution is 7.99. The Bertz CT molecular complexity index is 704. The van der Waals surface area contributed by atoms with Crippen LogP contribution in [-0.4, -0.2) is 17.4 Å². The average molecular weight is 296 g/mol. The first-order valence-electron chi connectivity index (χ1n) is 6.53. The zero-order valence-electron chi connectivity index (χ0n) is 12.0. The highest BCUT2D eigenvalue weighted by Gasteiger charge is 2.13. The summed E-state index contributed by atoms with van der Waals surface area (Å²) in [5.41, 5.74) is 2.92. The van der Waals surface area contributed by atoms with Crippen molar-refractivity contribution in [2.24, 2.45) is 0 Å². The second kappa shape index (κ2) is 6.96. The predicted molar refractivity (Wildman–Crippen MR) is 85.4 cm³/mol. The lowest BCUT2D eigenvalue weighted by atomic mass is 10.2. The molecule has 4 heteroatoms. The smallest absolute Gasteiger partial charge is 0.254 e. The number of pyridine rings is 1. The zero-order valence-corrected chi connectivity index (χ0v) is 12.8. The van der Waals surface area contributed by atoms with Gasteiger partial charge in [-0.05, 0) is 37.6 Å². The van der Waals surface area contributed by atoms with Gasteiger partial charge in [0.1, 0.15) is 5.03 Å². The van der Waals surface area contributed by atoms with Crippen LogP contribution in [0.1, 0.15) is 21.5 Å². The van der Waals surface area contributed by atoms with Crippen LogP contribution in [0.2, 0.25) is 0 Å². The van der Waals surface area contributed by atoms with Crippen LogP contribution in [0.4, 0.5) is 0 Å². The first kappa shape index (κ1) is 15.1. The number of amides is 1. The van der Waals surface area contributed by atoms with Gasteiger partial charge in [-0.25, -0.2) is 4.98 Å². The Morgan fingerprint density at radius 3 is 2.90 bits per heavy atom. The number of aromatic nitrogens is 1. The van der Waals surface area contributed by atoms with E-state index in [-0.39, 0.29) is 12.5 Å². The number of aryl methyl sites for hydroxylation is 2.